The van der Waals surface area contributed by atoms with Gasteiger partial charge in [-0.3, -0.25) is 14.5 Å². The van der Waals surface area contributed by atoms with E-state index in [1.54, 1.807) is 28.2 Å². The van der Waals surface area contributed by atoms with Gasteiger partial charge in [-0.15, -0.1) is 5.10 Å². The third kappa shape index (κ3) is 3.84. The molecule has 1 amide bonds. The normalized spacial score (nSPS) is 15.6. The van der Waals surface area contributed by atoms with E-state index in [1.807, 2.05) is 12.1 Å². The number of carbonyl (C=O) groups excluding carboxylic acids is 1. The van der Waals surface area contributed by atoms with Gasteiger partial charge in [0.05, 0.1) is 12.7 Å². The summed E-state index contributed by atoms with van der Waals surface area (Å²) in [6.45, 7) is 2.33. The van der Waals surface area contributed by atoms with Crippen LogP contribution in [-0.4, -0.2) is 56.5 Å². The smallest absolute Gasteiger partial charge is 0.276 e. The average Bonchev–Trinajstić information content (AvgIpc) is 3.05. The lowest BCUT2D eigenvalue weighted by Crippen LogP contribution is -2.41. The van der Waals surface area contributed by atoms with E-state index >= 15 is 0 Å². The Bertz CT molecular complexity index is 636. The number of rotatable bonds is 5. The number of likely N-dealkylation sites (tertiary alicyclic amines) is 1. The van der Waals surface area contributed by atoms with Gasteiger partial charge in [0.25, 0.3) is 5.91 Å². The Morgan fingerprint density at radius 1 is 1.30 bits per heavy atom. The molecule has 0 aromatic carbocycles. The number of nitrogens with two attached hydrogens (primary N) is 1. The van der Waals surface area contributed by atoms with Crippen LogP contribution in [0.3, 0.4) is 0 Å². The van der Waals surface area contributed by atoms with E-state index in [-0.39, 0.29) is 12.0 Å². The molecule has 0 unspecified atom stereocenters. The number of pyridine rings is 1. The van der Waals surface area contributed by atoms with Crippen LogP contribution < -0.4 is 10.5 Å². The average molecular weight is 316 g/mol. The lowest BCUT2D eigenvalue weighted by Gasteiger charge is -2.31. The number of hydrogen-bond donors (Lipinski definition) is 1. The second-order valence-electron chi connectivity index (χ2n) is 5.45. The largest absolute Gasteiger partial charge is 0.490 e. The summed E-state index contributed by atoms with van der Waals surface area (Å²) in [5.74, 6) is 0.727. The summed E-state index contributed by atoms with van der Waals surface area (Å²) in [6.07, 6.45) is 6.77. The Morgan fingerprint density at radius 3 is 2.74 bits per heavy atom. The van der Waals surface area contributed by atoms with Crippen molar-refractivity contribution in [2.75, 3.05) is 19.6 Å². The van der Waals surface area contributed by atoms with E-state index in [1.165, 1.54) is 0 Å². The van der Waals surface area contributed by atoms with Gasteiger partial charge in [0, 0.05) is 44.9 Å². The van der Waals surface area contributed by atoms with Crippen molar-refractivity contribution >= 4 is 5.91 Å². The predicted octanol–water partition coefficient (Wildman–Crippen LogP) is 0.315. The van der Waals surface area contributed by atoms with E-state index in [9.17, 15) is 4.79 Å². The van der Waals surface area contributed by atoms with Crippen molar-refractivity contribution in [1.82, 2.24) is 24.9 Å². The molecule has 0 atom stereocenters. The topological polar surface area (TPSA) is 99.2 Å². The number of carbonyl (C=O) groups is 1. The fourth-order valence-electron chi connectivity index (χ4n) is 2.59. The summed E-state index contributed by atoms with van der Waals surface area (Å²) in [5.41, 5.74) is 5.83. The maximum absolute atomic E-state index is 12.4. The molecule has 0 radical (unpaired) electrons. The highest BCUT2D eigenvalue weighted by Crippen LogP contribution is 2.19. The van der Waals surface area contributed by atoms with Gasteiger partial charge >= 0.3 is 0 Å². The van der Waals surface area contributed by atoms with E-state index in [2.05, 4.69) is 15.3 Å². The standard InChI is InChI=1S/C15H20N6O2/c16-5-10-21-11-14(18-19-21)15(22)20-8-3-13(4-9-20)23-12-1-6-17-7-2-12/h1-2,6-7,11,13H,3-5,8-10,16H2. The van der Waals surface area contributed by atoms with Crippen molar-refractivity contribution in [3.63, 3.8) is 0 Å². The number of piperidine rings is 1. The maximum Gasteiger partial charge on any atom is 0.276 e. The minimum atomic E-state index is -0.0874. The highest BCUT2D eigenvalue weighted by molar-refractivity contribution is 5.92. The third-order valence-corrected chi connectivity index (χ3v) is 3.80. The van der Waals surface area contributed by atoms with Crippen LogP contribution in [0.1, 0.15) is 23.3 Å². The number of aromatic nitrogens is 4. The number of ether oxygens (including phenoxy) is 1. The van der Waals surface area contributed by atoms with Gasteiger partial charge in [0.1, 0.15) is 11.9 Å². The first-order valence-electron chi connectivity index (χ1n) is 7.72. The molecule has 8 heteroatoms. The summed E-state index contributed by atoms with van der Waals surface area (Å²) >= 11 is 0. The predicted molar refractivity (Wildman–Crippen MR) is 82.9 cm³/mol. The molecule has 2 aromatic heterocycles. The molecule has 3 heterocycles. The monoisotopic (exact) mass is 316 g/mol. The maximum atomic E-state index is 12.4. The summed E-state index contributed by atoms with van der Waals surface area (Å²) in [4.78, 5) is 18.2. The van der Waals surface area contributed by atoms with Crippen LogP contribution >= 0.6 is 0 Å². The quantitative estimate of drug-likeness (QED) is 0.852. The van der Waals surface area contributed by atoms with Crippen LogP contribution in [-0.2, 0) is 6.54 Å². The fraction of sp³-hybridized carbons (Fsp3) is 0.467. The van der Waals surface area contributed by atoms with Crippen LogP contribution in [0.15, 0.2) is 30.7 Å². The van der Waals surface area contributed by atoms with Crippen molar-refractivity contribution in [2.45, 2.75) is 25.5 Å². The molecule has 0 saturated carbocycles. The fourth-order valence-corrected chi connectivity index (χ4v) is 2.59. The Morgan fingerprint density at radius 2 is 2.04 bits per heavy atom. The first-order chi connectivity index (χ1) is 11.3. The molecule has 0 bridgehead atoms. The van der Waals surface area contributed by atoms with Crippen LogP contribution in [0.25, 0.3) is 0 Å². The van der Waals surface area contributed by atoms with Crippen LogP contribution in [0.4, 0.5) is 0 Å². The number of nitrogens with zero attached hydrogens (tertiary/aromatic N) is 5. The Kier molecular flexibility index (Phi) is 4.82. The summed E-state index contributed by atoms with van der Waals surface area (Å²) in [5, 5.41) is 7.83. The Labute approximate surface area is 134 Å². The zero-order valence-corrected chi connectivity index (χ0v) is 12.8. The van der Waals surface area contributed by atoms with Crippen molar-refractivity contribution < 1.29 is 9.53 Å². The van der Waals surface area contributed by atoms with Gasteiger partial charge in [0.15, 0.2) is 5.69 Å². The third-order valence-electron chi connectivity index (χ3n) is 3.80. The molecule has 23 heavy (non-hydrogen) atoms. The summed E-state index contributed by atoms with van der Waals surface area (Å²) in [6, 6.07) is 3.68. The Hall–Kier alpha value is -2.48. The van der Waals surface area contributed by atoms with E-state index < -0.39 is 0 Å². The zero-order chi connectivity index (χ0) is 16.1. The second kappa shape index (κ2) is 7.19. The molecule has 122 valence electrons. The summed E-state index contributed by atoms with van der Waals surface area (Å²) < 4.78 is 7.49. The highest BCUT2D eigenvalue weighted by Gasteiger charge is 2.26. The Balaban J connectivity index is 1.52. The van der Waals surface area contributed by atoms with E-state index in [4.69, 9.17) is 10.5 Å². The minimum Gasteiger partial charge on any atom is -0.490 e. The molecule has 1 saturated heterocycles. The molecule has 1 fully saturated rings. The first-order valence-corrected chi connectivity index (χ1v) is 7.72. The molecule has 2 N–H and O–H groups in total. The molecule has 0 aliphatic carbocycles. The lowest BCUT2D eigenvalue weighted by atomic mass is 10.1. The molecule has 3 rings (SSSR count). The molecule has 1 aliphatic rings. The highest BCUT2D eigenvalue weighted by atomic mass is 16.5. The van der Waals surface area contributed by atoms with E-state index in [0.29, 0.717) is 31.9 Å². The molecular weight excluding hydrogens is 296 g/mol. The lowest BCUT2D eigenvalue weighted by molar-refractivity contribution is 0.0590. The number of amides is 1. The second-order valence-corrected chi connectivity index (χ2v) is 5.45. The van der Waals surface area contributed by atoms with Crippen molar-refractivity contribution in [3.05, 3.63) is 36.4 Å². The van der Waals surface area contributed by atoms with Gasteiger partial charge in [-0.2, -0.15) is 0 Å². The van der Waals surface area contributed by atoms with Gasteiger partial charge < -0.3 is 15.4 Å². The van der Waals surface area contributed by atoms with Crippen molar-refractivity contribution in [2.24, 2.45) is 5.73 Å². The van der Waals surface area contributed by atoms with E-state index in [0.717, 1.165) is 18.6 Å². The molecule has 2 aromatic rings. The minimum absolute atomic E-state index is 0.0874. The van der Waals surface area contributed by atoms with Crippen LogP contribution in [0.2, 0.25) is 0 Å². The van der Waals surface area contributed by atoms with Crippen molar-refractivity contribution in [1.29, 1.82) is 0 Å². The van der Waals surface area contributed by atoms with Crippen LogP contribution in [0.5, 0.6) is 5.75 Å². The molecule has 8 nitrogen and oxygen atoms in total. The molecular formula is C15H20N6O2. The van der Waals surface area contributed by atoms with Crippen molar-refractivity contribution in [3.8, 4) is 5.75 Å². The van der Waals surface area contributed by atoms with Crippen LogP contribution in [0, 0.1) is 0 Å². The van der Waals surface area contributed by atoms with Gasteiger partial charge in [-0.25, -0.2) is 0 Å². The zero-order valence-electron chi connectivity index (χ0n) is 12.8. The molecule has 0 spiro atoms. The first kappa shape index (κ1) is 15.4. The van der Waals surface area contributed by atoms with Gasteiger partial charge in [0.2, 0.25) is 0 Å². The SMILES string of the molecule is NCCn1cc(C(=O)N2CCC(Oc3ccncc3)CC2)nn1. The number of hydrogen-bond acceptors (Lipinski definition) is 6. The summed E-state index contributed by atoms with van der Waals surface area (Å²) in [7, 11) is 0. The van der Waals surface area contributed by atoms with Gasteiger partial charge in [-0.05, 0) is 12.1 Å². The van der Waals surface area contributed by atoms with Gasteiger partial charge in [-0.1, -0.05) is 5.21 Å². The molecule has 1 aliphatic heterocycles.